The van der Waals surface area contributed by atoms with Crippen molar-refractivity contribution in [1.29, 1.82) is 0 Å². The molecule has 2 rings (SSSR count). The Labute approximate surface area is 85.0 Å². The van der Waals surface area contributed by atoms with Gasteiger partial charge in [-0.3, -0.25) is 0 Å². The molecule has 0 fully saturated rings. The van der Waals surface area contributed by atoms with Gasteiger partial charge in [-0.25, -0.2) is 0 Å². The summed E-state index contributed by atoms with van der Waals surface area (Å²) in [6.07, 6.45) is 0. The van der Waals surface area contributed by atoms with Crippen molar-refractivity contribution in [3.8, 4) is 5.69 Å². The zero-order valence-electron chi connectivity index (χ0n) is 7.94. The fourth-order valence-corrected chi connectivity index (χ4v) is 1.18. The fraction of sp³-hybridized carbons (Fsp3) is 0.125. The molecule has 0 saturated carbocycles. The van der Waals surface area contributed by atoms with Gasteiger partial charge in [0.1, 0.15) is 0 Å². The molecule has 0 aliphatic rings. The van der Waals surface area contributed by atoms with E-state index in [0.717, 1.165) is 5.69 Å². The average molecular weight is 201 g/mol. The van der Waals surface area contributed by atoms with E-state index in [9.17, 15) is 0 Å². The summed E-state index contributed by atoms with van der Waals surface area (Å²) < 4.78 is 1.60. The van der Waals surface area contributed by atoms with Gasteiger partial charge in [0.15, 0.2) is 5.82 Å². The highest BCUT2D eigenvalue weighted by Crippen LogP contribution is 2.15. The van der Waals surface area contributed by atoms with Crippen molar-refractivity contribution in [2.24, 2.45) is 5.11 Å². The van der Waals surface area contributed by atoms with Gasteiger partial charge in [-0.2, -0.15) is 4.68 Å². The second kappa shape index (κ2) is 3.77. The van der Waals surface area contributed by atoms with E-state index in [1.165, 1.54) is 0 Å². The fourth-order valence-electron chi connectivity index (χ4n) is 1.18. The maximum absolute atomic E-state index is 8.24. The molecule has 0 radical (unpaired) electrons. The predicted octanol–water partition coefficient (Wildman–Crippen LogP) is 1.91. The molecule has 1 aromatic heterocycles. The topological polar surface area (TPSA) is 92.4 Å². The van der Waals surface area contributed by atoms with Crippen molar-refractivity contribution < 1.29 is 0 Å². The van der Waals surface area contributed by atoms with Gasteiger partial charge in [-0.1, -0.05) is 17.2 Å². The number of tetrazole rings is 1. The lowest BCUT2D eigenvalue weighted by molar-refractivity contribution is 0.779. The van der Waals surface area contributed by atoms with Crippen LogP contribution in [0.2, 0.25) is 0 Å². The normalized spacial score (nSPS) is 9.67. The second-order valence-corrected chi connectivity index (χ2v) is 2.84. The number of hydrogen-bond acceptors (Lipinski definition) is 4. The molecule has 0 atom stereocenters. The van der Waals surface area contributed by atoms with Crippen LogP contribution < -0.4 is 0 Å². The molecule has 0 bridgehead atoms. The summed E-state index contributed by atoms with van der Waals surface area (Å²) in [6, 6.07) is 6.98. The summed E-state index contributed by atoms with van der Waals surface area (Å²) in [4.78, 5) is 2.69. The van der Waals surface area contributed by atoms with Gasteiger partial charge >= 0.3 is 0 Å². The minimum absolute atomic E-state index is 0.562. The molecule has 15 heavy (non-hydrogen) atoms. The van der Waals surface area contributed by atoms with Crippen molar-refractivity contribution in [1.82, 2.24) is 20.2 Å². The Morgan fingerprint density at radius 3 is 2.60 bits per heavy atom. The van der Waals surface area contributed by atoms with E-state index >= 15 is 0 Å². The van der Waals surface area contributed by atoms with E-state index in [2.05, 4.69) is 25.6 Å². The highest BCUT2D eigenvalue weighted by Gasteiger charge is 2.02. The summed E-state index contributed by atoms with van der Waals surface area (Å²) in [7, 11) is 0. The molecular formula is C8H7N7. The van der Waals surface area contributed by atoms with Crippen LogP contribution in [0.4, 0.5) is 5.69 Å². The highest BCUT2D eigenvalue weighted by molar-refractivity contribution is 5.44. The van der Waals surface area contributed by atoms with Crippen molar-refractivity contribution in [2.45, 2.75) is 6.92 Å². The molecule has 7 nitrogen and oxygen atoms in total. The largest absolute Gasteiger partial charge is 0.198 e. The number of benzene rings is 1. The van der Waals surface area contributed by atoms with Crippen molar-refractivity contribution >= 4 is 5.69 Å². The molecule has 0 aliphatic heterocycles. The monoisotopic (exact) mass is 201 g/mol. The Morgan fingerprint density at radius 1 is 1.33 bits per heavy atom. The third kappa shape index (κ3) is 1.77. The van der Waals surface area contributed by atoms with E-state index < -0.39 is 0 Å². The number of aromatic nitrogens is 4. The van der Waals surface area contributed by atoms with E-state index in [0.29, 0.717) is 11.5 Å². The summed E-state index contributed by atoms with van der Waals surface area (Å²) in [6.45, 7) is 1.81. The second-order valence-electron chi connectivity index (χ2n) is 2.84. The lowest BCUT2D eigenvalue weighted by atomic mass is 10.3. The summed E-state index contributed by atoms with van der Waals surface area (Å²) in [5.41, 5.74) is 9.63. The van der Waals surface area contributed by atoms with Crippen LogP contribution in [0.25, 0.3) is 16.1 Å². The zero-order chi connectivity index (χ0) is 10.7. The minimum atomic E-state index is 0.562. The molecule has 1 aromatic carbocycles. The molecule has 1 heterocycles. The molecule has 0 spiro atoms. The summed E-state index contributed by atoms with van der Waals surface area (Å²) in [5, 5.41) is 14.6. The number of rotatable bonds is 2. The van der Waals surface area contributed by atoms with E-state index in [-0.39, 0.29) is 0 Å². The SMILES string of the molecule is Cc1nnnn1-c1ccc(N=[N+]=[N-])cc1. The Bertz CT molecular complexity index is 506. The lowest BCUT2D eigenvalue weighted by Gasteiger charge is -2.00. The first kappa shape index (κ1) is 9.17. The Morgan fingerprint density at radius 2 is 2.07 bits per heavy atom. The van der Waals surface area contributed by atoms with Crippen LogP contribution in [0.3, 0.4) is 0 Å². The third-order valence-corrected chi connectivity index (χ3v) is 1.88. The molecule has 2 aromatic rings. The molecule has 0 saturated heterocycles. The molecule has 74 valence electrons. The Balaban J connectivity index is 2.40. The number of nitrogens with zero attached hydrogens (tertiary/aromatic N) is 7. The van der Waals surface area contributed by atoms with Crippen LogP contribution in [-0.4, -0.2) is 20.2 Å². The molecule has 0 aliphatic carbocycles. The lowest BCUT2D eigenvalue weighted by Crippen LogP contribution is -1.98. The van der Waals surface area contributed by atoms with Crippen molar-refractivity contribution in [3.05, 3.63) is 40.5 Å². The van der Waals surface area contributed by atoms with Gasteiger partial charge in [0, 0.05) is 10.6 Å². The predicted molar refractivity (Wildman–Crippen MR) is 52.7 cm³/mol. The quantitative estimate of drug-likeness (QED) is 0.422. The molecule has 0 amide bonds. The first-order valence-electron chi connectivity index (χ1n) is 4.22. The first-order valence-corrected chi connectivity index (χ1v) is 4.22. The molecule has 0 N–H and O–H groups in total. The number of hydrogen-bond donors (Lipinski definition) is 0. The standard InChI is InChI=1S/C8H7N7/c1-6-10-13-14-15(6)8-4-2-7(3-5-8)11-12-9/h2-5H,1H3. The van der Waals surface area contributed by atoms with Crippen molar-refractivity contribution in [2.75, 3.05) is 0 Å². The van der Waals surface area contributed by atoms with Crippen LogP contribution >= 0.6 is 0 Å². The van der Waals surface area contributed by atoms with Gasteiger partial charge in [-0.05, 0) is 35.0 Å². The molecule has 0 unspecified atom stereocenters. The van der Waals surface area contributed by atoms with Gasteiger partial charge in [0.2, 0.25) is 0 Å². The van der Waals surface area contributed by atoms with Crippen LogP contribution in [-0.2, 0) is 0 Å². The third-order valence-electron chi connectivity index (χ3n) is 1.88. The Kier molecular flexibility index (Phi) is 2.30. The Hall–Kier alpha value is -2.40. The van der Waals surface area contributed by atoms with Gasteiger partial charge in [0.05, 0.1) is 5.69 Å². The first-order chi connectivity index (χ1) is 7.31. The maximum atomic E-state index is 8.24. The van der Waals surface area contributed by atoms with Gasteiger partial charge in [0.25, 0.3) is 0 Å². The smallest absolute Gasteiger partial charge is 0.153 e. The molecule has 7 heteroatoms. The van der Waals surface area contributed by atoms with Crippen LogP contribution in [0, 0.1) is 6.92 Å². The van der Waals surface area contributed by atoms with Crippen LogP contribution in [0.5, 0.6) is 0 Å². The average Bonchev–Trinajstić information content (AvgIpc) is 2.66. The van der Waals surface area contributed by atoms with E-state index in [1.807, 2.05) is 0 Å². The van der Waals surface area contributed by atoms with E-state index in [4.69, 9.17) is 5.53 Å². The highest BCUT2D eigenvalue weighted by atomic mass is 15.5. The zero-order valence-corrected chi connectivity index (χ0v) is 7.94. The van der Waals surface area contributed by atoms with Gasteiger partial charge in [-0.15, -0.1) is 5.10 Å². The van der Waals surface area contributed by atoms with Gasteiger partial charge < -0.3 is 0 Å². The minimum Gasteiger partial charge on any atom is -0.198 e. The number of azide groups is 1. The van der Waals surface area contributed by atoms with Crippen LogP contribution in [0.1, 0.15) is 5.82 Å². The summed E-state index contributed by atoms with van der Waals surface area (Å²) in [5.74, 6) is 0.700. The van der Waals surface area contributed by atoms with Crippen LogP contribution in [0.15, 0.2) is 29.4 Å². The van der Waals surface area contributed by atoms with Crippen molar-refractivity contribution in [3.63, 3.8) is 0 Å². The number of aryl methyl sites for hydroxylation is 1. The summed E-state index contributed by atoms with van der Waals surface area (Å²) >= 11 is 0. The van der Waals surface area contributed by atoms with E-state index in [1.54, 1.807) is 35.9 Å². The molecular weight excluding hydrogens is 194 g/mol. The maximum Gasteiger partial charge on any atom is 0.153 e.